The molecule has 1 nitrogen and oxygen atoms in total. The van der Waals surface area contributed by atoms with Crippen molar-refractivity contribution in [2.75, 3.05) is 0 Å². The quantitative estimate of drug-likeness (QED) is 0.593. The van der Waals surface area contributed by atoms with Crippen LogP contribution in [0.5, 0.6) is 0 Å². The molecule has 0 aromatic rings. The SMILES string of the molecule is C[SiH](C)N[SiH2]C(C)(C)C. The zero-order valence-corrected chi connectivity index (χ0v) is 9.85. The van der Waals surface area contributed by atoms with Gasteiger partial charge in [-0.1, -0.05) is 33.9 Å². The van der Waals surface area contributed by atoms with Gasteiger partial charge in [0.25, 0.3) is 0 Å². The molecule has 0 aliphatic heterocycles. The first-order valence-electron chi connectivity index (χ1n) is 3.65. The van der Waals surface area contributed by atoms with Gasteiger partial charge in [-0.25, -0.2) is 0 Å². The van der Waals surface area contributed by atoms with Gasteiger partial charge in [-0.2, -0.15) is 0 Å². The van der Waals surface area contributed by atoms with E-state index in [1.54, 1.807) is 0 Å². The van der Waals surface area contributed by atoms with E-state index in [9.17, 15) is 0 Å². The summed E-state index contributed by atoms with van der Waals surface area (Å²) in [4.78, 5) is 0. The van der Waals surface area contributed by atoms with Crippen LogP contribution in [0.3, 0.4) is 0 Å². The van der Waals surface area contributed by atoms with Crippen molar-refractivity contribution in [2.45, 2.75) is 38.9 Å². The highest BCUT2D eigenvalue weighted by atomic mass is 28.3. The lowest BCUT2D eigenvalue weighted by molar-refractivity contribution is 0.747. The van der Waals surface area contributed by atoms with E-state index in [-0.39, 0.29) is 9.68 Å². The predicted molar refractivity (Wildman–Crippen MR) is 50.3 cm³/mol. The lowest BCUT2D eigenvalue weighted by Crippen LogP contribution is -2.35. The molecule has 0 bridgehead atoms. The van der Waals surface area contributed by atoms with Gasteiger partial charge in [0.05, 0.1) is 18.6 Å². The summed E-state index contributed by atoms with van der Waals surface area (Å²) in [5, 5.41) is 0.595. The third-order valence-corrected chi connectivity index (χ3v) is 6.18. The largest absolute Gasteiger partial charge is 0.366 e. The Labute approximate surface area is 62.8 Å². The fourth-order valence-corrected chi connectivity index (χ4v) is 4.59. The van der Waals surface area contributed by atoms with Gasteiger partial charge in [-0.15, -0.1) is 0 Å². The highest BCUT2D eigenvalue weighted by Gasteiger charge is 2.10. The fraction of sp³-hybridized carbons (Fsp3) is 1.00. The molecule has 56 valence electrons. The van der Waals surface area contributed by atoms with Gasteiger partial charge in [-0.05, 0) is 5.04 Å². The van der Waals surface area contributed by atoms with Gasteiger partial charge in [-0.3, -0.25) is 0 Å². The average molecular weight is 161 g/mol. The smallest absolute Gasteiger partial charge is 0.0952 e. The molecule has 0 amide bonds. The number of hydrogen-bond acceptors (Lipinski definition) is 1. The topological polar surface area (TPSA) is 12.0 Å². The van der Waals surface area contributed by atoms with Gasteiger partial charge in [0, 0.05) is 0 Å². The molecule has 9 heavy (non-hydrogen) atoms. The highest BCUT2D eigenvalue weighted by Crippen LogP contribution is 2.17. The first-order chi connectivity index (χ1) is 3.92. The Balaban J connectivity index is 3.28. The minimum atomic E-state index is -0.459. The molecular formula is C6H19NSi2. The van der Waals surface area contributed by atoms with Crippen molar-refractivity contribution in [2.24, 2.45) is 0 Å². The van der Waals surface area contributed by atoms with E-state index in [1.807, 2.05) is 0 Å². The molecule has 0 heterocycles. The summed E-state index contributed by atoms with van der Waals surface area (Å²) in [6, 6.07) is 0. The molecule has 3 heteroatoms. The van der Waals surface area contributed by atoms with Crippen LogP contribution in [0.4, 0.5) is 0 Å². The molecule has 0 radical (unpaired) electrons. The third-order valence-electron chi connectivity index (χ3n) is 1.04. The van der Waals surface area contributed by atoms with E-state index in [0.717, 1.165) is 0 Å². The normalized spacial score (nSPS) is 14.0. The Kier molecular flexibility index (Phi) is 3.69. The second-order valence-electron chi connectivity index (χ2n) is 4.10. The molecule has 0 saturated carbocycles. The Morgan fingerprint density at radius 2 is 1.67 bits per heavy atom. The van der Waals surface area contributed by atoms with Crippen molar-refractivity contribution >= 4 is 18.6 Å². The molecule has 0 unspecified atom stereocenters. The molecule has 0 spiro atoms. The molecule has 0 aromatic carbocycles. The van der Waals surface area contributed by atoms with Crippen LogP contribution in [-0.2, 0) is 0 Å². The van der Waals surface area contributed by atoms with Crippen LogP contribution in [0.2, 0.25) is 18.1 Å². The molecule has 0 saturated heterocycles. The third kappa shape index (κ3) is 8.39. The van der Waals surface area contributed by atoms with Crippen LogP contribution in [0, 0.1) is 0 Å². The van der Waals surface area contributed by atoms with E-state index in [4.69, 9.17) is 0 Å². The zero-order valence-electron chi connectivity index (χ0n) is 7.28. The molecular weight excluding hydrogens is 142 g/mol. The summed E-state index contributed by atoms with van der Waals surface area (Å²) in [5.74, 6) is 0. The van der Waals surface area contributed by atoms with Crippen LogP contribution in [-0.4, -0.2) is 18.6 Å². The van der Waals surface area contributed by atoms with E-state index >= 15 is 0 Å². The molecule has 0 aliphatic carbocycles. The average Bonchev–Trinajstić information content (AvgIpc) is 1.59. The maximum atomic E-state index is 3.66. The summed E-state index contributed by atoms with van der Waals surface area (Å²) in [6.07, 6.45) is 0. The Morgan fingerprint density at radius 3 is 1.78 bits per heavy atom. The molecule has 1 N–H and O–H groups in total. The number of nitrogens with one attached hydrogen (secondary N) is 1. The minimum Gasteiger partial charge on any atom is -0.366 e. The molecule has 0 aliphatic rings. The number of rotatable bonds is 2. The summed E-state index contributed by atoms with van der Waals surface area (Å²) < 4.78 is 3.66. The first-order valence-corrected chi connectivity index (χ1v) is 7.95. The van der Waals surface area contributed by atoms with E-state index in [2.05, 4.69) is 38.5 Å². The van der Waals surface area contributed by atoms with E-state index < -0.39 is 8.96 Å². The van der Waals surface area contributed by atoms with Gasteiger partial charge in [0.2, 0.25) is 0 Å². The van der Waals surface area contributed by atoms with Gasteiger partial charge >= 0.3 is 0 Å². The second kappa shape index (κ2) is 3.53. The Hall–Kier alpha value is 0.394. The number of hydrogen-bond donors (Lipinski definition) is 1. The monoisotopic (exact) mass is 161 g/mol. The van der Waals surface area contributed by atoms with Crippen molar-refractivity contribution < 1.29 is 0 Å². The predicted octanol–water partition coefficient (Wildman–Crippen LogP) is 0.862. The van der Waals surface area contributed by atoms with Crippen LogP contribution < -0.4 is 4.65 Å². The lowest BCUT2D eigenvalue weighted by Gasteiger charge is -2.19. The molecule has 0 rings (SSSR count). The lowest BCUT2D eigenvalue weighted by atomic mass is 10.3. The molecule has 0 atom stereocenters. The highest BCUT2D eigenvalue weighted by molar-refractivity contribution is 6.63. The Morgan fingerprint density at radius 1 is 1.22 bits per heavy atom. The molecule has 0 fully saturated rings. The fourth-order valence-electron chi connectivity index (χ4n) is 0.510. The summed E-state index contributed by atoms with van der Waals surface area (Å²) in [5.41, 5.74) is 0. The van der Waals surface area contributed by atoms with Crippen molar-refractivity contribution in [1.29, 1.82) is 0 Å². The van der Waals surface area contributed by atoms with E-state index in [0.29, 0.717) is 5.04 Å². The van der Waals surface area contributed by atoms with Crippen LogP contribution in [0.25, 0.3) is 0 Å². The summed E-state index contributed by atoms with van der Waals surface area (Å²) >= 11 is 0. The first kappa shape index (κ1) is 9.39. The maximum absolute atomic E-state index is 3.66. The minimum absolute atomic E-state index is 0.0139. The van der Waals surface area contributed by atoms with Crippen LogP contribution in [0.15, 0.2) is 0 Å². The summed E-state index contributed by atoms with van der Waals surface area (Å²) in [7, 11) is -0.445. The van der Waals surface area contributed by atoms with Gasteiger partial charge in [0.1, 0.15) is 0 Å². The van der Waals surface area contributed by atoms with Crippen molar-refractivity contribution in [3.63, 3.8) is 0 Å². The van der Waals surface area contributed by atoms with Crippen molar-refractivity contribution in [1.82, 2.24) is 4.65 Å². The standard InChI is InChI=1S/C6H19NSi2/c1-6(2,3)8-7-9(4)5/h7,9H,8H2,1-5H3. The second-order valence-corrected chi connectivity index (χ2v) is 10.5. The maximum Gasteiger partial charge on any atom is 0.0952 e. The molecule has 0 aromatic heterocycles. The van der Waals surface area contributed by atoms with Crippen LogP contribution >= 0.6 is 0 Å². The van der Waals surface area contributed by atoms with E-state index in [1.165, 1.54) is 0 Å². The zero-order chi connectivity index (χ0) is 7.49. The van der Waals surface area contributed by atoms with Crippen LogP contribution in [0.1, 0.15) is 20.8 Å². The van der Waals surface area contributed by atoms with Crippen molar-refractivity contribution in [3.8, 4) is 0 Å². The Bertz CT molecular complexity index is 75.6. The van der Waals surface area contributed by atoms with Crippen molar-refractivity contribution in [3.05, 3.63) is 0 Å². The van der Waals surface area contributed by atoms with Gasteiger partial charge in [0.15, 0.2) is 0 Å². The van der Waals surface area contributed by atoms with Gasteiger partial charge < -0.3 is 4.65 Å². The summed E-state index contributed by atoms with van der Waals surface area (Å²) in [6.45, 7) is 11.7.